The first kappa shape index (κ1) is 13.3. The minimum atomic E-state index is -0.208. The van der Waals surface area contributed by atoms with Gasteiger partial charge in [0.05, 0.1) is 0 Å². The van der Waals surface area contributed by atoms with E-state index < -0.39 is 0 Å². The Kier molecular flexibility index (Phi) is 3.17. The van der Waals surface area contributed by atoms with Crippen LogP contribution in [0.3, 0.4) is 0 Å². The van der Waals surface area contributed by atoms with Crippen LogP contribution in [0, 0.1) is 20.8 Å². The number of amides is 1. The Morgan fingerprint density at radius 1 is 1.19 bits per heavy atom. The molecule has 0 aliphatic rings. The lowest BCUT2D eigenvalue weighted by Crippen LogP contribution is -2.14. The number of aromatic amines is 1. The Bertz CT molecular complexity index is 835. The largest absolute Gasteiger partial charge is 0.358 e. The Morgan fingerprint density at radius 3 is 2.76 bits per heavy atom. The summed E-state index contributed by atoms with van der Waals surface area (Å²) in [6.45, 7) is 5.92. The summed E-state index contributed by atoms with van der Waals surface area (Å²) in [7, 11) is 0. The van der Waals surface area contributed by atoms with Gasteiger partial charge in [-0.25, -0.2) is 9.97 Å². The van der Waals surface area contributed by atoms with Crippen LogP contribution in [0.4, 0.5) is 5.95 Å². The second-order valence-electron chi connectivity index (χ2n) is 5.11. The molecule has 5 heteroatoms. The predicted molar refractivity (Wildman–Crippen MR) is 82.5 cm³/mol. The number of rotatable bonds is 2. The van der Waals surface area contributed by atoms with Gasteiger partial charge < -0.3 is 4.98 Å². The Morgan fingerprint density at radius 2 is 2.00 bits per heavy atom. The van der Waals surface area contributed by atoms with E-state index >= 15 is 0 Å². The van der Waals surface area contributed by atoms with Gasteiger partial charge in [0.25, 0.3) is 5.91 Å². The van der Waals surface area contributed by atoms with Gasteiger partial charge in [-0.3, -0.25) is 10.1 Å². The van der Waals surface area contributed by atoms with Crippen LogP contribution >= 0.6 is 0 Å². The molecule has 2 aromatic heterocycles. The lowest BCUT2D eigenvalue weighted by molar-refractivity contribution is 0.102. The molecule has 0 spiro atoms. The zero-order chi connectivity index (χ0) is 15.0. The SMILES string of the molecule is Cc1ccnc(NC(=O)c2ccc3[nH]c(C)c(C)c3c2)n1. The smallest absolute Gasteiger partial charge is 0.258 e. The van der Waals surface area contributed by atoms with Crippen molar-refractivity contribution in [3.63, 3.8) is 0 Å². The van der Waals surface area contributed by atoms with E-state index in [1.165, 1.54) is 0 Å². The number of fused-ring (bicyclic) bond motifs is 1. The molecule has 0 saturated heterocycles. The monoisotopic (exact) mass is 280 g/mol. The molecule has 106 valence electrons. The highest BCUT2D eigenvalue weighted by Crippen LogP contribution is 2.22. The average molecular weight is 280 g/mol. The van der Waals surface area contributed by atoms with E-state index in [1.807, 2.05) is 32.9 Å². The van der Waals surface area contributed by atoms with Crippen molar-refractivity contribution in [2.75, 3.05) is 5.32 Å². The fourth-order valence-electron chi connectivity index (χ4n) is 2.29. The number of carbonyl (C=O) groups excluding carboxylic acids is 1. The molecule has 1 aromatic carbocycles. The van der Waals surface area contributed by atoms with E-state index in [-0.39, 0.29) is 5.91 Å². The van der Waals surface area contributed by atoms with Gasteiger partial charge in [-0.1, -0.05) is 0 Å². The Labute approximate surface area is 122 Å². The third-order valence-corrected chi connectivity index (χ3v) is 3.59. The van der Waals surface area contributed by atoms with Gasteiger partial charge in [-0.05, 0) is 50.6 Å². The van der Waals surface area contributed by atoms with Gasteiger partial charge >= 0.3 is 0 Å². The molecule has 0 aliphatic carbocycles. The highest BCUT2D eigenvalue weighted by molar-refractivity contribution is 6.05. The molecule has 2 heterocycles. The lowest BCUT2D eigenvalue weighted by atomic mass is 10.1. The molecule has 0 radical (unpaired) electrons. The highest BCUT2D eigenvalue weighted by atomic mass is 16.1. The number of H-pyrrole nitrogens is 1. The van der Waals surface area contributed by atoms with Crippen molar-refractivity contribution in [3.05, 3.63) is 53.0 Å². The zero-order valence-electron chi connectivity index (χ0n) is 12.2. The van der Waals surface area contributed by atoms with Crippen molar-refractivity contribution in [2.45, 2.75) is 20.8 Å². The van der Waals surface area contributed by atoms with Crippen LogP contribution in [0.2, 0.25) is 0 Å². The maximum Gasteiger partial charge on any atom is 0.258 e. The third-order valence-electron chi connectivity index (χ3n) is 3.59. The summed E-state index contributed by atoms with van der Waals surface area (Å²) >= 11 is 0. The standard InChI is InChI=1S/C16H16N4O/c1-9-6-7-17-16(18-9)20-15(21)12-4-5-14-13(8-12)10(2)11(3)19-14/h4-8,19H,1-3H3,(H,17,18,20,21). The molecular formula is C16H16N4O. The molecule has 0 saturated carbocycles. The topological polar surface area (TPSA) is 70.7 Å². The van der Waals surface area contributed by atoms with Crippen LogP contribution in [0.5, 0.6) is 0 Å². The van der Waals surface area contributed by atoms with Crippen LogP contribution in [0.15, 0.2) is 30.5 Å². The molecule has 0 unspecified atom stereocenters. The summed E-state index contributed by atoms with van der Waals surface area (Å²) in [5.41, 5.74) is 4.71. The van der Waals surface area contributed by atoms with E-state index in [4.69, 9.17) is 0 Å². The van der Waals surface area contributed by atoms with Crippen LogP contribution in [-0.4, -0.2) is 20.9 Å². The first-order valence-corrected chi connectivity index (χ1v) is 6.74. The van der Waals surface area contributed by atoms with Crippen molar-refractivity contribution in [1.29, 1.82) is 0 Å². The number of nitrogens with one attached hydrogen (secondary N) is 2. The summed E-state index contributed by atoms with van der Waals surface area (Å²) < 4.78 is 0. The minimum absolute atomic E-state index is 0.208. The van der Waals surface area contributed by atoms with E-state index in [0.717, 1.165) is 27.9 Å². The molecule has 2 N–H and O–H groups in total. The number of benzene rings is 1. The molecule has 21 heavy (non-hydrogen) atoms. The number of hydrogen-bond acceptors (Lipinski definition) is 3. The third kappa shape index (κ3) is 2.50. The van der Waals surface area contributed by atoms with Gasteiger partial charge in [0, 0.05) is 34.1 Å². The van der Waals surface area contributed by atoms with E-state index in [1.54, 1.807) is 18.3 Å². The fraction of sp³-hybridized carbons (Fsp3) is 0.188. The minimum Gasteiger partial charge on any atom is -0.358 e. The van der Waals surface area contributed by atoms with Crippen molar-refractivity contribution in [2.24, 2.45) is 0 Å². The van der Waals surface area contributed by atoms with Crippen molar-refractivity contribution >= 4 is 22.8 Å². The maximum absolute atomic E-state index is 12.3. The molecular weight excluding hydrogens is 264 g/mol. The van der Waals surface area contributed by atoms with Crippen LogP contribution < -0.4 is 5.32 Å². The average Bonchev–Trinajstić information content (AvgIpc) is 2.74. The zero-order valence-corrected chi connectivity index (χ0v) is 12.2. The number of aromatic nitrogens is 3. The predicted octanol–water partition coefficient (Wildman–Crippen LogP) is 3.14. The Balaban J connectivity index is 1.92. The van der Waals surface area contributed by atoms with Gasteiger partial charge in [-0.15, -0.1) is 0 Å². The molecule has 0 fully saturated rings. The molecule has 0 aliphatic heterocycles. The number of hydrogen-bond donors (Lipinski definition) is 2. The molecule has 3 aromatic rings. The summed E-state index contributed by atoms with van der Waals surface area (Å²) in [4.78, 5) is 23.8. The summed E-state index contributed by atoms with van der Waals surface area (Å²) in [6, 6.07) is 7.39. The second-order valence-corrected chi connectivity index (χ2v) is 5.11. The lowest BCUT2D eigenvalue weighted by Gasteiger charge is -2.04. The highest BCUT2D eigenvalue weighted by Gasteiger charge is 2.11. The molecule has 0 bridgehead atoms. The van der Waals surface area contributed by atoms with Gasteiger partial charge in [0.15, 0.2) is 0 Å². The maximum atomic E-state index is 12.3. The van der Waals surface area contributed by atoms with E-state index in [2.05, 4.69) is 20.3 Å². The fourth-order valence-corrected chi connectivity index (χ4v) is 2.29. The van der Waals surface area contributed by atoms with Crippen LogP contribution in [-0.2, 0) is 0 Å². The van der Waals surface area contributed by atoms with Crippen molar-refractivity contribution < 1.29 is 4.79 Å². The van der Waals surface area contributed by atoms with Gasteiger partial charge in [0.2, 0.25) is 5.95 Å². The quantitative estimate of drug-likeness (QED) is 0.757. The molecule has 0 atom stereocenters. The van der Waals surface area contributed by atoms with Gasteiger partial charge in [0.1, 0.15) is 0 Å². The normalized spacial score (nSPS) is 10.8. The summed E-state index contributed by atoms with van der Waals surface area (Å²) in [5, 5.41) is 3.78. The van der Waals surface area contributed by atoms with Gasteiger partial charge in [-0.2, -0.15) is 0 Å². The van der Waals surface area contributed by atoms with E-state index in [9.17, 15) is 4.79 Å². The van der Waals surface area contributed by atoms with Crippen LogP contribution in [0.25, 0.3) is 10.9 Å². The summed E-state index contributed by atoms with van der Waals surface area (Å²) in [5.74, 6) is 0.114. The van der Waals surface area contributed by atoms with Crippen molar-refractivity contribution in [1.82, 2.24) is 15.0 Å². The number of nitrogens with zero attached hydrogens (tertiary/aromatic N) is 2. The first-order valence-electron chi connectivity index (χ1n) is 6.74. The Hall–Kier alpha value is -2.69. The molecule has 5 nitrogen and oxygen atoms in total. The number of anilines is 1. The first-order chi connectivity index (χ1) is 10.0. The number of aryl methyl sites for hydroxylation is 3. The van der Waals surface area contributed by atoms with E-state index in [0.29, 0.717) is 11.5 Å². The molecule has 3 rings (SSSR count). The van der Waals surface area contributed by atoms with Crippen LogP contribution in [0.1, 0.15) is 27.3 Å². The second kappa shape index (κ2) is 5.01. The summed E-state index contributed by atoms with van der Waals surface area (Å²) in [6.07, 6.45) is 1.63. The number of carbonyl (C=O) groups is 1. The van der Waals surface area contributed by atoms with Crippen molar-refractivity contribution in [3.8, 4) is 0 Å². The molecule has 1 amide bonds.